The molecular weight excluding hydrogens is 476 g/mol. The highest BCUT2D eigenvalue weighted by atomic mass is 79.9. The van der Waals surface area contributed by atoms with Crippen LogP contribution in [0.15, 0.2) is 83.3 Å². The smallest absolute Gasteiger partial charge is 0.161 e. The molecule has 0 fully saturated rings. The molecule has 0 amide bonds. The Balaban J connectivity index is 1.37. The SMILES string of the molecule is COc1cc(Br)ccc1OCCC1CN(Cc2ccccc2)CCn2c1cc1ccccc12. The standard InChI is InChI=1S/C28H29BrN2O2/c1-32-28-18-24(29)11-12-27(28)33-16-13-23-20-30(19-21-7-3-2-4-8-21)14-15-31-25-10-6-5-9-22(25)17-26(23)31/h2-12,17-18,23H,13-16,19-20H2,1H3. The molecule has 1 aliphatic heterocycles. The Bertz CT molecular complexity index is 1220. The van der Waals surface area contributed by atoms with Gasteiger partial charge in [-0.3, -0.25) is 4.90 Å². The predicted molar refractivity (Wildman–Crippen MR) is 137 cm³/mol. The van der Waals surface area contributed by atoms with E-state index in [0.717, 1.165) is 48.6 Å². The van der Waals surface area contributed by atoms with Crippen molar-refractivity contribution in [3.05, 3.63) is 94.6 Å². The molecule has 1 atom stereocenters. The highest BCUT2D eigenvalue weighted by Gasteiger charge is 2.25. The topological polar surface area (TPSA) is 26.6 Å². The quantitative estimate of drug-likeness (QED) is 0.288. The molecule has 4 nitrogen and oxygen atoms in total. The Morgan fingerprint density at radius 3 is 2.58 bits per heavy atom. The minimum absolute atomic E-state index is 0.394. The number of benzene rings is 3. The zero-order valence-corrected chi connectivity index (χ0v) is 20.5. The van der Waals surface area contributed by atoms with Crippen LogP contribution in [0.3, 0.4) is 0 Å². The van der Waals surface area contributed by atoms with Crippen molar-refractivity contribution in [3.8, 4) is 11.5 Å². The first-order valence-corrected chi connectivity index (χ1v) is 12.3. The molecule has 0 spiro atoms. The van der Waals surface area contributed by atoms with Crippen LogP contribution >= 0.6 is 15.9 Å². The fraction of sp³-hybridized carbons (Fsp3) is 0.286. The molecular formula is C28H29BrN2O2. The number of methoxy groups -OCH3 is 1. The van der Waals surface area contributed by atoms with E-state index in [-0.39, 0.29) is 0 Å². The monoisotopic (exact) mass is 504 g/mol. The molecule has 170 valence electrons. The van der Waals surface area contributed by atoms with Gasteiger partial charge in [0.1, 0.15) is 0 Å². The minimum Gasteiger partial charge on any atom is -0.493 e. The number of aromatic nitrogens is 1. The van der Waals surface area contributed by atoms with Crippen LogP contribution < -0.4 is 9.47 Å². The maximum absolute atomic E-state index is 6.20. The van der Waals surface area contributed by atoms with Crippen molar-refractivity contribution in [2.75, 3.05) is 26.8 Å². The van der Waals surface area contributed by atoms with Gasteiger partial charge in [-0.05, 0) is 47.7 Å². The highest BCUT2D eigenvalue weighted by Crippen LogP contribution is 2.33. The molecule has 0 aliphatic carbocycles. The lowest BCUT2D eigenvalue weighted by molar-refractivity contribution is 0.229. The Hall–Kier alpha value is -2.76. The Morgan fingerprint density at radius 2 is 1.73 bits per heavy atom. The lowest BCUT2D eigenvalue weighted by atomic mass is 10.0. The average Bonchev–Trinajstić information content (AvgIpc) is 3.13. The van der Waals surface area contributed by atoms with Gasteiger partial charge in [0.15, 0.2) is 11.5 Å². The van der Waals surface area contributed by atoms with Gasteiger partial charge >= 0.3 is 0 Å². The molecule has 0 bridgehead atoms. The normalized spacial score (nSPS) is 16.4. The molecule has 4 aromatic rings. The van der Waals surface area contributed by atoms with Crippen molar-refractivity contribution in [3.63, 3.8) is 0 Å². The molecule has 3 aromatic carbocycles. The van der Waals surface area contributed by atoms with E-state index < -0.39 is 0 Å². The first-order valence-electron chi connectivity index (χ1n) is 11.5. The summed E-state index contributed by atoms with van der Waals surface area (Å²) in [6.45, 7) is 4.68. The maximum atomic E-state index is 6.20. The second kappa shape index (κ2) is 10.0. The first-order chi connectivity index (χ1) is 16.2. The van der Waals surface area contributed by atoms with Crippen LogP contribution in [-0.2, 0) is 13.1 Å². The van der Waals surface area contributed by atoms with E-state index >= 15 is 0 Å². The first kappa shape index (κ1) is 22.1. The molecule has 33 heavy (non-hydrogen) atoms. The molecule has 1 unspecified atom stereocenters. The summed E-state index contributed by atoms with van der Waals surface area (Å²) in [6, 6.07) is 27.8. The van der Waals surface area contributed by atoms with E-state index in [1.54, 1.807) is 7.11 Å². The summed E-state index contributed by atoms with van der Waals surface area (Å²) in [5, 5.41) is 1.32. The molecule has 0 radical (unpaired) electrons. The summed E-state index contributed by atoms with van der Waals surface area (Å²) in [4.78, 5) is 2.59. The molecule has 5 heteroatoms. The van der Waals surface area contributed by atoms with Gasteiger partial charge in [0.05, 0.1) is 13.7 Å². The average molecular weight is 505 g/mol. The number of hydrogen-bond acceptors (Lipinski definition) is 3. The lowest BCUT2D eigenvalue weighted by Crippen LogP contribution is -2.28. The van der Waals surface area contributed by atoms with Crippen molar-refractivity contribution in [2.45, 2.75) is 25.4 Å². The van der Waals surface area contributed by atoms with Crippen molar-refractivity contribution >= 4 is 26.8 Å². The van der Waals surface area contributed by atoms with E-state index in [1.165, 1.54) is 22.2 Å². The van der Waals surface area contributed by atoms with Gasteiger partial charge in [-0.2, -0.15) is 0 Å². The number of para-hydroxylation sites is 1. The summed E-state index contributed by atoms with van der Waals surface area (Å²) >= 11 is 3.50. The molecule has 1 aliphatic rings. The Labute approximate surface area is 203 Å². The third-order valence-electron chi connectivity index (χ3n) is 6.48. The number of rotatable bonds is 7. The van der Waals surface area contributed by atoms with Crippen LogP contribution in [0.25, 0.3) is 10.9 Å². The summed E-state index contributed by atoms with van der Waals surface area (Å²) in [5.41, 5.74) is 4.11. The molecule has 2 heterocycles. The van der Waals surface area contributed by atoms with Gasteiger partial charge in [-0.15, -0.1) is 0 Å². The van der Waals surface area contributed by atoms with Crippen molar-refractivity contribution in [1.82, 2.24) is 9.47 Å². The van der Waals surface area contributed by atoms with E-state index in [2.05, 4.69) is 86.1 Å². The summed E-state index contributed by atoms with van der Waals surface area (Å²) in [7, 11) is 1.68. The number of fused-ring (bicyclic) bond motifs is 3. The minimum atomic E-state index is 0.394. The number of hydrogen-bond donors (Lipinski definition) is 0. The van der Waals surface area contributed by atoms with Gasteiger partial charge < -0.3 is 14.0 Å². The third-order valence-corrected chi connectivity index (χ3v) is 6.97. The van der Waals surface area contributed by atoms with Gasteiger partial charge in [-0.25, -0.2) is 0 Å². The zero-order valence-electron chi connectivity index (χ0n) is 18.9. The van der Waals surface area contributed by atoms with Gasteiger partial charge in [0, 0.05) is 47.8 Å². The van der Waals surface area contributed by atoms with Crippen LogP contribution in [-0.4, -0.2) is 36.3 Å². The fourth-order valence-corrected chi connectivity index (χ4v) is 5.19. The zero-order chi connectivity index (χ0) is 22.6. The Morgan fingerprint density at radius 1 is 0.909 bits per heavy atom. The number of halogens is 1. The van der Waals surface area contributed by atoms with Crippen LogP contribution in [0, 0.1) is 0 Å². The van der Waals surface area contributed by atoms with Gasteiger partial charge in [-0.1, -0.05) is 64.5 Å². The highest BCUT2D eigenvalue weighted by molar-refractivity contribution is 9.10. The molecule has 0 saturated carbocycles. The maximum Gasteiger partial charge on any atom is 0.161 e. The largest absolute Gasteiger partial charge is 0.493 e. The number of nitrogens with zero attached hydrogens (tertiary/aromatic N) is 2. The van der Waals surface area contributed by atoms with Crippen LogP contribution in [0.2, 0.25) is 0 Å². The van der Waals surface area contributed by atoms with Crippen LogP contribution in [0.1, 0.15) is 23.6 Å². The molecule has 0 saturated heterocycles. The second-order valence-electron chi connectivity index (χ2n) is 8.63. The summed E-state index contributed by atoms with van der Waals surface area (Å²) < 4.78 is 15.2. The Kier molecular flexibility index (Phi) is 6.70. The third kappa shape index (κ3) is 4.94. The van der Waals surface area contributed by atoms with Crippen LogP contribution in [0.5, 0.6) is 11.5 Å². The van der Waals surface area contributed by atoms with E-state index in [1.807, 2.05) is 18.2 Å². The van der Waals surface area contributed by atoms with Crippen LogP contribution in [0.4, 0.5) is 0 Å². The van der Waals surface area contributed by atoms with Crippen molar-refractivity contribution in [2.24, 2.45) is 0 Å². The van der Waals surface area contributed by atoms with Gasteiger partial charge in [0.2, 0.25) is 0 Å². The van der Waals surface area contributed by atoms with E-state index in [4.69, 9.17) is 9.47 Å². The number of ether oxygens (including phenoxy) is 2. The predicted octanol–water partition coefficient (Wildman–Crippen LogP) is 6.48. The fourth-order valence-electron chi connectivity index (χ4n) is 4.85. The summed E-state index contributed by atoms with van der Waals surface area (Å²) in [6.07, 6.45) is 0.945. The van der Waals surface area contributed by atoms with Crippen molar-refractivity contribution < 1.29 is 9.47 Å². The molecule has 1 aromatic heterocycles. The lowest BCUT2D eigenvalue weighted by Gasteiger charge is -2.24. The van der Waals surface area contributed by atoms with Gasteiger partial charge in [0.25, 0.3) is 0 Å². The molecule has 5 rings (SSSR count). The van der Waals surface area contributed by atoms with E-state index in [9.17, 15) is 0 Å². The van der Waals surface area contributed by atoms with E-state index in [0.29, 0.717) is 12.5 Å². The summed E-state index contributed by atoms with van der Waals surface area (Å²) in [5.74, 6) is 1.94. The molecule has 0 N–H and O–H groups in total. The van der Waals surface area contributed by atoms with Crippen molar-refractivity contribution in [1.29, 1.82) is 0 Å². The second-order valence-corrected chi connectivity index (χ2v) is 9.55.